The van der Waals surface area contributed by atoms with E-state index < -0.39 is 0 Å². The monoisotopic (exact) mass is 282 g/mol. The Labute approximate surface area is 119 Å². The van der Waals surface area contributed by atoms with Gasteiger partial charge in [-0.3, -0.25) is 10.1 Å². The maximum absolute atomic E-state index is 11.1. The molecule has 1 aromatic rings. The van der Waals surface area contributed by atoms with Crippen LogP contribution in [0.2, 0.25) is 0 Å². The Bertz CT molecular complexity index is 424. The van der Waals surface area contributed by atoms with Crippen LogP contribution < -0.4 is 5.32 Å². The molecule has 0 aliphatic heterocycles. The molecule has 0 aliphatic carbocycles. The Morgan fingerprint density at radius 2 is 2.16 bits per heavy atom. The number of para-hydroxylation sites is 1. The Hall–Kier alpha value is -1.23. The average molecular weight is 282 g/mol. The van der Waals surface area contributed by atoms with Gasteiger partial charge < -0.3 is 5.32 Å². The third kappa shape index (κ3) is 4.74. The molecule has 0 amide bonds. The normalized spacial score (nSPS) is 12.2. The first-order valence-corrected chi connectivity index (χ1v) is 7.76. The van der Waals surface area contributed by atoms with Crippen LogP contribution in [-0.2, 0) is 5.75 Å². The molecule has 5 heteroatoms. The van der Waals surface area contributed by atoms with Crippen LogP contribution in [0.1, 0.15) is 39.2 Å². The van der Waals surface area contributed by atoms with Crippen molar-refractivity contribution < 1.29 is 4.92 Å². The largest absolute Gasteiger partial charge is 0.379 e. The first-order chi connectivity index (χ1) is 9.10. The second-order valence-corrected chi connectivity index (χ2v) is 5.95. The predicted molar refractivity (Wildman–Crippen MR) is 82.9 cm³/mol. The van der Waals surface area contributed by atoms with Gasteiger partial charge in [-0.2, -0.15) is 11.8 Å². The molecule has 0 saturated carbocycles. The van der Waals surface area contributed by atoms with E-state index in [0.717, 1.165) is 30.7 Å². The fourth-order valence-electron chi connectivity index (χ4n) is 1.66. The fraction of sp³-hybridized carbons (Fsp3) is 0.571. The van der Waals surface area contributed by atoms with Crippen molar-refractivity contribution in [3.63, 3.8) is 0 Å². The Morgan fingerprint density at radius 1 is 1.42 bits per heavy atom. The number of hydrogen-bond acceptors (Lipinski definition) is 4. The number of nitro benzene ring substituents is 1. The molecule has 0 saturated heterocycles. The highest BCUT2D eigenvalue weighted by Gasteiger charge is 2.17. The van der Waals surface area contributed by atoms with Gasteiger partial charge in [0.15, 0.2) is 0 Å². The topological polar surface area (TPSA) is 55.2 Å². The van der Waals surface area contributed by atoms with Gasteiger partial charge in [-0.15, -0.1) is 0 Å². The van der Waals surface area contributed by atoms with Crippen LogP contribution in [0, 0.1) is 10.1 Å². The van der Waals surface area contributed by atoms with E-state index in [0.29, 0.717) is 10.9 Å². The van der Waals surface area contributed by atoms with Crippen molar-refractivity contribution in [2.24, 2.45) is 0 Å². The summed E-state index contributed by atoms with van der Waals surface area (Å²) in [6, 6.07) is 5.30. The van der Waals surface area contributed by atoms with Crippen molar-refractivity contribution in [3.05, 3.63) is 33.9 Å². The van der Waals surface area contributed by atoms with E-state index in [1.807, 2.05) is 17.8 Å². The molecule has 106 valence electrons. The van der Waals surface area contributed by atoms with E-state index in [1.54, 1.807) is 12.1 Å². The average Bonchev–Trinajstić information content (AvgIpc) is 2.42. The highest BCUT2D eigenvalue weighted by molar-refractivity contribution is 7.99. The zero-order valence-corrected chi connectivity index (χ0v) is 12.6. The van der Waals surface area contributed by atoms with Crippen LogP contribution in [-0.4, -0.2) is 16.7 Å². The second kappa shape index (κ2) is 8.04. The molecule has 1 atom stereocenters. The summed E-state index contributed by atoms with van der Waals surface area (Å²) in [6.07, 6.45) is 2.06. The van der Waals surface area contributed by atoms with Crippen LogP contribution >= 0.6 is 11.8 Å². The van der Waals surface area contributed by atoms with E-state index >= 15 is 0 Å². The fourth-order valence-corrected chi connectivity index (χ4v) is 2.60. The number of rotatable bonds is 8. The van der Waals surface area contributed by atoms with Gasteiger partial charge in [0.1, 0.15) is 5.69 Å². The van der Waals surface area contributed by atoms with Gasteiger partial charge in [0, 0.05) is 23.6 Å². The third-order valence-electron chi connectivity index (χ3n) is 2.98. The maximum atomic E-state index is 11.1. The summed E-state index contributed by atoms with van der Waals surface area (Å²) in [5.74, 6) is 0.808. The molecule has 4 nitrogen and oxygen atoms in total. The maximum Gasteiger partial charge on any atom is 0.292 e. The molecule has 0 bridgehead atoms. The number of anilines is 1. The lowest BCUT2D eigenvalue weighted by molar-refractivity contribution is -0.384. The predicted octanol–water partition coefficient (Wildman–Crippen LogP) is 4.45. The zero-order chi connectivity index (χ0) is 14.3. The lowest BCUT2D eigenvalue weighted by atomic mass is 10.1. The Morgan fingerprint density at radius 3 is 2.74 bits per heavy atom. The van der Waals surface area contributed by atoms with Gasteiger partial charge >= 0.3 is 0 Å². The Balaban J connectivity index is 2.94. The van der Waals surface area contributed by atoms with Crippen LogP contribution in [0.4, 0.5) is 11.4 Å². The number of benzene rings is 1. The van der Waals surface area contributed by atoms with Crippen molar-refractivity contribution in [2.75, 3.05) is 11.9 Å². The van der Waals surface area contributed by atoms with Crippen molar-refractivity contribution in [3.8, 4) is 0 Å². The summed E-state index contributed by atoms with van der Waals surface area (Å²) in [6.45, 7) is 7.14. The van der Waals surface area contributed by atoms with E-state index in [-0.39, 0.29) is 10.6 Å². The molecular weight excluding hydrogens is 260 g/mol. The number of hydrogen-bond donors (Lipinski definition) is 1. The highest BCUT2D eigenvalue weighted by Crippen LogP contribution is 2.32. The number of nitrogens with one attached hydrogen (secondary N) is 1. The lowest BCUT2D eigenvalue weighted by Crippen LogP contribution is -2.06. The van der Waals surface area contributed by atoms with Crippen molar-refractivity contribution in [1.82, 2.24) is 0 Å². The number of nitrogens with zero attached hydrogens (tertiary/aromatic N) is 1. The van der Waals surface area contributed by atoms with Crippen molar-refractivity contribution >= 4 is 23.1 Å². The van der Waals surface area contributed by atoms with E-state index in [9.17, 15) is 10.1 Å². The summed E-state index contributed by atoms with van der Waals surface area (Å²) >= 11 is 1.83. The van der Waals surface area contributed by atoms with Gasteiger partial charge in [-0.1, -0.05) is 32.9 Å². The summed E-state index contributed by atoms with van der Waals surface area (Å²) in [5.41, 5.74) is 1.88. The standard InChI is InChI=1S/C14H22N2O2S/c1-4-9-15-14-12(10-19-11(3)5-2)7-6-8-13(14)16(17)18/h6-8,11,15H,4-5,9-10H2,1-3H3. The van der Waals surface area contributed by atoms with E-state index in [2.05, 4.69) is 26.1 Å². The molecule has 1 rings (SSSR count). The molecule has 1 aromatic carbocycles. The first-order valence-electron chi connectivity index (χ1n) is 6.71. The van der Waals surface area contributed by atoms with Gasteiger partial charge in [-0.05, 0) is 18.4 Å². The molecule has 0 aliphatic rings. The van der Waals surface area contributed by atoms with Gasteiger partial charge in [0.25, 0.3) is 5.69 Å². The van der Waals surface area contributed by atoms with Gasteiger partial charge in [0.2, 0.25) is 0 Å². The minimum absolute atomic E-state index is 0.177. The first kappa shape index (κ1) is 15.8. The van der Waals surface area contributed by atoms with E-state index in [4.69, 9.17) is 0 Å². The van der Waals surface area contributed by atoms with Crippen molar-refractivity contribution in [2.45, 2.75) is 44.6 Å². The zero-order valence-electron chi connectivity index (χ0n) is 11.8. The lowest BCUT2D eigenvalue weighted by Gasteiger charge is -2.13. The molecule has 1 N–H and O–H groups in total. The van der Waals surface area contributed by atoms with Crippen molar-refractivity contribution in [1.29, 1.82) is 0 Å². The quantitative estimate of drug-likeness (QED) is 0.565. The number of nitro groups is 1. The Kier molecular flexibility index (Phi) is 6.70. The third-order valence-corrected chi connectivity index (χ3v) is 4.36. The molecule has 1 unspecified atom stereocenters. The molecule has 0 aromatic heterocycles. The number of thioether (sulfide) groups is 1. The molecular formula is C14H22N2O2S. The summed E-state index contributed by atoms with van der Waals surface area (Å²) in [4.78, 5) is 10.8. The smallest absolute Gasteiger partial charge is 0.292 e. The highest BCUT2D eigenvalue weighted by atomic mass is 32.2. The summed E-state index contributed by atoms with van der Waals surface area (Å²) in [5, 5.41) is 14.9. The van der Waals surface area contributed by atoms with Crippen LogP contribution in [0.25, 0.3) is 0 Å². The summed E-state index contributed by atoms with van der Waals surface area (Å²) < 4.78 is 0. The minimum Gasteiger partial charge on any atom is -0.379 e. The second-order valence-electron chi connectivity index (χ2n) is 4.53. The van der Waals surface area contributed by atoms with Crippen LogP contribution in [0.3, 0.4) is 0 Å². The molecule has 0 fully saturated rings. The van der Waals surface area contributed by atoms with Gasteiger partial charge in [0.05, 0.1) is 4.92 Å². The SMILES string of the molecule is CCCNc1c(CSC(C)CC)cccc1[N+](=O)[O-]. The minimum atomic E-state index is -0.310. The van der Waals surface area contributed by atoms with Crippen LogP contribution in [0.15, 0.2) is 18.2 Å². The van der Waals surface area contributed by atoms with Gasteiger partial charge in [-0.25, -0.2) is 0 Å². The van der Waals surface area contributed by atoms with Crippen LogP contribution in [0.5, 0.6) is 0 Å². The molecule has 0 radical (unpaired) electrons. The van der Waals surface area contributed by atoms with E-state index in [1.165, 1.54) is 0 Å². The molecule has 0 spiro atoms. The molecule has 0 heterocycles. The molecule has 19 heavy (non-hydrogen) atoms. The summed E-state index contributed by atoms with van der Waals surface area (Å²) in [7, 11) is 0.